The molecule has 0 bridgehead atoms. The Kier molecular flexibility index (Phi) is 3.59. The van der Waals surface area contributed by atoms with E-state index in [9.17, 15) is 14.7 Å². The van der Waals surface area contributed by atoms with Gasteiger partial charge in [0, 0.05) is 5.92 Å². The first-order valence-electron chi connectivity index (χ1n) is 8.21. The molecule has 2 aliphatic rings. The van der Waals surface area contributed by atoms with Crippen LogP contribution in [0.1, 0.15) is 59.7 Å². The molecular formula is C18H18N2O4. The van der Waals surface area contributed by atoms with Gasteiger partial charge in [0.25, 0.3) is 5.91 Å². The summed E-state index contributed by atoms with van der Waals surface area (Å²) in [5.74, 6) is -0.353. The molecular weight excluding hydrogens is 308 g/mol. The van der Waals surface area contributed by atoms with E-state index in [4.69, 9.17) is 4.42 Å². The van der Waals surface area contributed by atoms with Crippen LogP contribution >= 0.6 is 0 Å². The summed E-state index contributed by atoms with van der Waals surface area (Å²) in [6.07, 6.45) is 4.54. The number of oxazole rings is 1. The maximum absolute atomic E-state index is 12.9. The average Bonchev–Trinajstić information content (AvgIpc) is 3.16. The third-order valence-corrected chi connectivity index (χ3v) is 4.75. The molecule has 24 heavy (non-hydrogen) atoms. The number of likely N-dealkylation sites (tertiary alicyclic amines) is 1. The van der Waals surface area contributed by atoms with Crippen LogP contribution in [0, 0.1) is 0 Å². The quantitative estimate of drug-likeness (QED) is 0.934. The maximum atomic E-state index is 12.9. The van der Waals surface area contributed by atoms with Crippen molar-refractivity contribution < 1.29 is 19.1 Å². The molecule has 0 unspecified atom stereocenters. The van der Waals surface area contributed by atoms with Crippen molar-refractivity contribution in [1.29, 1.82) is 0 Å². The minimum Gasteiger partial charge on any atom is -0.480 e. The molecule has 6 heteroatoms. The molecule has 2 atom stereocenters. The van der Waals surface area contributed by atoms with Gasteiger partial charge in [-0.15, -0.1) is 0 Å². The van der Waals surface area contributed by atoms with Gasteiger partial charge in [0.15, 0.2) is 5.89 Å². The van der Waals surface area contributed by atoms with Crippen LogP contribution in [0.2, 0.25) is 0 Å². The van der Waals surface area contributed by atoms with Crippen LogP contribution in [0.5, 0.6) is 0 Å². The van der Waals surface area contributed by atoms with Crippen molar-refractivity contribution in [3.8, 4) is 0 Å². The van der Waals surface area contributed by atoms with Crippen molar-refractivity contribution in [1.82, 2.24) is 9.88 Å². The molecule has 0 spiro atoms. The molecule has 6 nitrogen and oxygen atoms in total. The third kappa shape index (κ3) is 2.58. The summed E-state index contributed by atoms with van der Waals surface area (Å²) >= 11 is 0. The van der Waals surface area contributed by atoms with Crippen LogP contribution in [0.3, 0.4) is 0 Å². The van der Waals surface area contributed by atoms with E-state index in [2.05, 4.69) is 4.98 Å². The Morgan fingerprint density at radius 3 is 2.54 bits per heavy atom. The van der Waals surface area contributed by atoms with Crippen LogP contribution in [0.15, 0.2) is 40.9 Å². The van der Waals surface area contributed by atoms with Gasteiger partial charge in [-0.2, -0.15) is 0 Å². The van der Waals surface area contributed by atoms with Crippen molar-refractivity contribution in [3.63, 3.8) is 0 Å². The van der Waals surface area contributed by atoms with E-state index in [-0.39, 0.29) is 11.8 Å². The normalized spacial score (nSPS) is 23.4. The van der Waals surface area contributed by atoms with Crippen LogP contribution in [0.4, 0.5) is 0 Å². The molecule has 4 rings (SSSR count). The zero-order valence-electron chi connectivity index (χ0n) is 13.1. The van der Waals surface area contributed by atoms with Gasteiger partial charge in [-0.1, -0.05) is 30.3 Å². The first-order chi connectivity index (χ1) is 11.6. The molecule has 1 saturated carbocycles. The highest BCUT2D eigenvalue weighted by atomic mass is 16.4. The van der Waals surface area contributed by atoms with Gasteiger partial charge in [0.2, 0.25) is 5.76 Å². The molecule has 1 saturated heterocycles. The maximum Gasteiger partial charge on any atom is 0.326 e. The summed E-state index contributed by atoms with van der Waals surface area (Å²) in [7, 11) is 0. The molecule has 1 aromatic heterocycles. The van der Waals surface area contributed by atoms with Crippen molar-refractivity contribution >= 4 is 11.9 Å². The SMILES string of the molecule is O=C(O)[C@@H]1CC[C@@H](c2ccccc2)N1C(=O)c1cnc(C2CC2)o1. The number of aliphatic carboxylic acids is 1. The minimum atomic E-state index is -0.983. The number of aromatic nitrogens is 1. The fourth-order valence-corrected chi connectivity index (χ4v) is 3.37. The molecule has 2 fully saturated rings. The van der Waals surface area contributed by atoms with Crippen LogP contribution < -0.4 is 0 Å². The Labute approximate surface area is 139 Å². The molecule has 1 aromatic carbocycles. The second kappa shape index (κ2) is 5.78. The predicted molar refractivity (Wildman–Crippen MR) is 84.5 cm³/mol. The van der Waals surface area contributed by atoms with E-state index < -0.39 is 17.9 Å². The highest BCUT2D eigenvalue weighted by Gasteiger charge is 2.43. The summed E-state index contributed by atoms with van der Waals surface area (Å²) in [6, 6.07) is 8.44. The van der Waals surface area contributed by atoms with E-state index >= 15 is 0 Å². The van der Waals surface area contributed by atoms with Crippen LogP contribution in [-0.2, 0) is 4.79 Å². The lowest BCUT2D eigenvalue weighted by atomic mass is 10.0. The van der Waals surface area contributed by atoms with E-state index in [1.165, 1.54) is 11.1 Å². The van der Waals surface area contributed by atoms with E-state index in [0.29, 0.717) is 24.7 Å². The van der Waals surface area contributed by atoms with Gasteiger partial charge in [-0.3, -0.25) is 4.79 Å². The first kappa shape index (κ1) is 14.9. The number of hydrogen-bond acceptors (Lipinski definition) is 4. The number of benzene rings is 1. The lowest BCUT2D eigenvalue weighted by Gasteiger charge is -2.27. The molecule has 2 aromatic rings. The number of carboxylic acids is 1. The molecule has 1 amide bonds. The van der Waals surface area contributed by atoms with E-state index in [1.54, 1.807) is 0 Å². The molecule has 0 radical (unpaired) electrons. The first-order valence-corrected chi connectivity index (χ1v) is 8.21. The van der Waals surface area contributed by atoms with Gasteiger partial charge in [-0.25, -0.2) is 9.78 Å². The lowest BCUT2D eigenvalue weighted by Crippen LogP contribution is -2.41. The molecule has 1 aliphatic heterocycles. The predicted octanol–water partition coefficient (Wildman–Crippen LogP) is 2.98. The van der Waals surface area contributed by atoms with Gasteiger partial charge in [-0.05, 0) is 31.2 Å². The Hall–Kier alpha value is -2.63. The van der Waals surface area contributed by atoms with Gasteiger partial charge in [0.05, 0.1) is 12.2 Å². The summed E-state index contributed by atoms with van der Waals surface area (Å²) < 4.78 is 5.60. The smallest absolute Gasteiger partial charge is 0.326 e. The van der Waals surface area contributed by atoms with Gasteiger partial charge in [0.1, 0.15) is 6.04 Å². The molecule has 1 N–H and O–H groups in total. The number of amides is 1. The number of carbonyl (C=O) groups excluding carboxylic acids is 1. The zero-order valence-corrected chi connectivity index (χ0v) is 13.1. The summed E-state index contributed by atoms with van der Waals surface area (Å²) in [4.78, 5) is 30.2. The topological polar surface area (TPSA) is 83.6 Å². The fourth-order valence-electron chi connectivity index (χ4n) is 3.37. The second-order valence-electron chi connectivity index (χ2n) is 6.41. The number of rotatable bonds is 4. The van der Waals surface area contributed by atoms with Crippen molar-refractivity contribution in [2.24, 2.45) is 0 Å². The highest BCUT2D eigenvalue weighted by molar-refractivity contribution is 5.95. The van der Waals surface area contributed by atoms with E-state index in [0.717, 1.165) is 18.4 Å². The van der Waals surface area contributed by atoms with Crippen LogP contribution in [-0.4, -0.2) is 32.9 Å². The fraction of sp³-hybridized carbons (Fsp3) is 0.389. The standard InChI is InChI=1S/C18H18N2O4/c21-17(15-10-19-16(24-15)12-6-7-12)20-13(8-9-14(20)18(22)23)11-4-2-1-3-5-11/h1-5,10,12-14H,6-9H2,(H,22,23)/t13-,14-/m0/s1. The zero-order chi connectivity index (χ0) is 16.7. The lowest BCUT2D eigenvalue weighted by molar-refractivity contribution is -0.141. The molecule has 2 heterocycles. The number of hydrogen-bond donors (Lipinski definition) is 1. The van der Waals surface area contributed by atoms with Crippen LogP contribution in [0.25, 0.3) is 0 Å². The Morgan fingerprint density at radius 1 is 1.12 bits per heavy atom. The second-order valence-corrected chi connectivity index (χ2v) is 6.41. The molecule has 1 aliphatic carbocycles. The van der Waals surface area contributed by atoms with Crippen molar-refractivity contribution in [2.45, 2.75) is 43.7 Å². The third-order valence-electron chi connectivity index (χ3n) is 4.75. The summed E-state index contributed by atoms with van der Waals surface area (Å²) in [5, 5.41) is 9.51. The largest absolute Gasteiger partial charge is 0.480 e. The minimum absolute atomic E-state index is 0.131. The summed E-state index contributed by atoms with van der Waals surface area (Å²) in [5.41, 5.74) is 0.941. The monoisotopic (exact) mass is 326 g/mol. The highest BCUT2D eigenvalue weighted by Crippen LogP contribution is 2.41. The molecule has 124 valence electrons. The Bertz CT molecular complexity index is 766. The van der Waals surface area contributed by atoms with Crippen molar-refractivity contribution in [3.05, 3.63) is 53.7 Å². The number of carboxylic acid groups (broad SMARTS) is 1. The number of carbonyl (C=O) groups is 2. The van der Waals surface area contributed by atoms with Gasteiger partial charge < -0.3 is 14.4 Å². The van der Waals surface area contributed by atoms with Crippen molar-refractivity contribution in [2.75, 3.05) is 0 Å². The Morgan fingerprint density at radius 2 is 1.88 bits per heavy atom. The Balaban J connectivity index is 1.66. The average molecular weight is 326 g/mol. The number of nitrogens with zero attached hydrogens (tertiary/aromatic N) is 2. The van der Waals surface area contributed by atoms with E-state index in [1.807, 2.05) is 30.3 Å². The summed E-state index contributed by atoms with van der Waals surface area (Å²) in [6.45, 7) is 0. The van der Waals surface area contributed by atoms with Gasteiger partial charge >= 0.3 is 5.97 Å².